The molecule has 1 rings (SSSR count). The van der Waals surface area contributed by atoms with Gasteiger partial charge in [0.1, 0.15) is 0 Å². The maximum Gasteiger partial charge on any atom is 0.457 e. The molecule has 0 nitrogen and oxygen atoms in total. The van der Waals surface area contributed by atoms with Crippen LogP contribution in [0.15, 0.2) is 0 Å². The van der Waals surface area contributed by atoms with Crippen molar-refractivity contribution in [2.75, 3.05) is 0 Å². The van der Waals surface area contributed by atoms with Gasteiger partial charge in [0.25, 0.3) is 0 Å². The highest BCUT2D eigenvalue weighted by Gasteiger charge is 3.11. The Hall–Kier alpha value is -1.40. The van der Waals surface area contributed by atoms with Crippen molar-refractivity contribution < 1.29 is 87.8 Å². The largest absolute Gasteiger partial charge is 0.457 e. The Morgan fingerprint density at radius 1 is 0.333 bits per heavy atom. The summed E-state index contributed by atoms with van der Waals surface area (Å²) in [6, 6.07) is 0. The van der Waals surface area contributed by atoms with Gasteiger partial charge in [-0.1, -0.05) is 0 Å². The highest BCUT2D eigenvalue weighted by molar-refractivity contribution is 5.38. The van der Waals surface area contributed by atoms with Crippen LogP contribution in [0, 0.1) is 0 Å². The summed E-state index contributed by atoms with van der Waals surface area (Å²) in [5.41, 5.74) is -27.2. The molecule has 1 fully saturated rings. The molecule has 2 atom stereocenters. The molecule has 0 N–H and O–H groups in total. The van der Waals surface area contributed by atoms with E-state index in [-0.39, 0.29) is 0 Å². The van der Waals surface area contributed by atoms with Gasteiger partial charge in [-0.2, -0.15) is 74.6 Å². The normalized spacial score (nSPS) is 37.2. The molecule has 0 aromatic heterocycles. The van der Waals surface area contributed by atoms with Gasteiger partial charge in [0.2, 0.25) is 0 Å². The van der Waals surface area contributed by atoms with Crippen LogP contribution in [0.4, 0.5) is 87.8 Å². The van der Waals surface area contributed by atoms with Crippen molar-refractivity contribution >= 4 is 0 Å². The van der Waals surface area contributed by atoms with E-state index in [1.165, 1.54) is 0 Å². The summed E-state index contributed by atoms with van der Waals surface area (Å²) in [6.45, 7) is 0. The molecule has 0 unspecified atom stereocenters. The van der Waals surface area contributed by atoms with Gasteiger partial charge >= 0.3 is 59.2 Å². The van der Waals surface area contributed by atoms with Gasteiger partial charge < -0.3 is 0 Å². The number of alkyl halides is 20. The van der Waals surface area contributed by atoms with Gasteiger partial charge in [-0.05, 0) is 0 Å². The summed E-state index contributed by atoms with van der Waals surface area (Å²) in [4.78, 5) is 0. The molecule has 0 saturated heterocycles. The van der Waals surface area contributed by atoms with Crippen molar-refractivity contribution in [3.05, 3.63) is 0 Å². The van der Waals surface area contributed by atoms with Gasteiger partial charge in [0.15, 0.2) is 0 Å². The van der Waals surface area contributed by atoms with E-state index in [1.807, 2.05) is 0 Å². The fourth-order valence-electron chi connectivity index (χ4n) is 2.61. The van der Waals surface area contributed by atoms with E-state index < -0.39 is 59.2 Å². The molecule has 0 aromatic carbocycles. The van der Waals surface area contributed by atoms with Gasteiger partial charge in [0, 0.05) is 0 Å². The molecular weight excluding hydrogens is 500 g/mol. The number of halogens is 20. The summed E-state index contributed by atoms with van der Waals surface area (Å²) >= 11 is 0. The Kier molecular flexibility index (Phi) is 5.05. The maximum atomic E-state index is 14.0. The van der Waals surface area contributed by atoms with E-state index in [0.29, 0.717) is 0 Å². The maximum absolute atomic E-state index is 14.0. The predicted octanol–water partition coefficient (Wildman–Crippen LogP) is 6.35. The van der Waals surface area contributed by atoms with Gasteiger partial charge in [-0.3, -0.25) is 0 Å². The number of hydrogen-bond acceptors (Lipinski definition) is 0. The highest BCUT2D eigenvalue weighted by atomic mass is 19.4. The van der Waals surface area contributed by atoms with E-state index in [0.717, 1.165) is 0 Å². The van der Waals surface area contributed by atoms with Crippen LogP contribution in [-0.4, -0.2) is 59.2 Å². The molecule has 1 saturated carbocycles. The lowest BCUT2D eigenvalue weighted by atomic mass is 9.59. The van der Waals surface area contributed by atoms with Gasteiger partial charge in [0.05, 0.1) is 0 Å². The number of hydrogen-bond donors (Lipinski definition) is 0. The third-order valence-corrected chi connectivity index (χ3v) is 4.17. The molecule has 30 heavy (non-hydrogen) atoms. The molecule has 0 aromatic rings. The minimum absolute atomic E-state index is 8.29. The van der Waals surface area contributed by atoms with Crippen LogP contribution < -0.4 is 0 Å². The first kappa shape index (κ1) is 26.6. The third-order valence-electron chi connectivity index (χ3n) is 4.17. The van der Waals surface area contributed by atoms with E-state index in [4.69, 9.17) is 0 Å². The second-order valence-electron chi connectivity index (χ2n) is 5.77. The van der Waals surface area contributed by atoms with Crippen LogP contribution in [0.5, 0.6) is 0 Å². The summed E-state index contributed by atoms with van der Waals surface area (Å²) in [5, 5.41) is 0. The van der Waals surface area contributed by atoms with E-state index >= 15 is 0 Å². The lowest BCUT2D eigenvalue weighted by Crippen LogP contribution is -2.94. The van der Waals surface area contributed by atoms with Gasteiger partial charge in [-0.25, -0.2) is 13.2 Å². The minimum Gasteiger partial charge on any atom is -0.223 e. The first-order valence-corrected chi connectivity index (χ1v) is 6.28. The van der Waals surface area contributed by atoms with Gasteiger partial charge in [-0.15, -0.1) is 0 Å². The zero-order valence-corrected chi connectivity index (χ0v) is 12.6. The number of rotatable bonds is 1. The quantitative estimate of drug-likeness (QED) is 0.369. The van der Waals surface area contributed by atoms with E-state index in [1.54, 1.807) is 0 Å². The van der Waals surface area contributed by atoms with E-state index in [9.17, 15) is 87.8 Å². The average molecular weight is 500 g/mol. The molecule has 0 heterocycles. The Balaban J connectivity index is 4.48. The molecule has 0 amide bonds. The topological polar surface area (TPSA) is 0 Å². The second-order valence-corrected chi connectivity index (χ2v) is 5.77. The van der Waals surface area contributed by atoms with Crippen LogP contribution in [0.25, 0.3) is 0 Å². The monoisotopic (exact) mass is 500 g/mol. The smallest absolute Gasteiger partial charge is 0.223 e. The molecule has 0 bridgehead atoms. The molecule has 0 radical (unpaired) electrons. The molecule has 180 valence electrons. The zero-order chi connectivity index (χ0) is 25.0. The molecule has 0 aliphatic heterocycles. The lowest BCUT2D eigenvalue weighted by Gasteiger charge is -2.59. The summed E-state index contributed by atoms with van der Waals surface area (Å²) < 4.78 is 261. The predicted molar refractivity (Wildman–Crippen MR) is 49.5 cm³/mol. The van der Waals surface area contributed by atoms with Crippen LogP contribution in [0.1, 0.15) is 0 Å². The van der Waals surface area contributed by atoms with Crippen molar-refractivity contribution in [2.45, 2.75) is 59.2 Å². The molecule has 1 aliphatic carbocycles. The molecular formula is C10F20. The Labute approximate surface area is 148 Å². The van der Waals surface area contributed by atoms with Crippen molar-refractivity contribution in [1.82, 2.24) is 0 Å². The zero-order valence-electron chi connectivity index (χ0n) is 12.6. The lowest BCUT2D eigenvalue weighted by molar-refractivity contribution is -0.534. The second kappa shape index (κ2) is 5.69. The van der Waals surface area contributed by atoms with Crippen LogP contribution in [0.2, 0.25) is 0 Å². The highest BCUT2D eigenvalue weighted by Crippen LogP contribution is 2.77. The van der Waals surface area contributed by atoms with Crippen molar-refractivity contribution in [3.63, 3.8) is 0 Å². The standard InChI is InChI=1S/C10F20/c11-1(7(20,21)10(28,29)30)4(14,15)2(12,8(22,23)24)6(18,19)3(13,5(1,16)17)9(25,26)27/t2-,3-/m1/s1. The Morgan fingerprint density at radius 3 is 0.700 bits per heavy atom. The first-order chi connectivity index (χ1) is 12.5. The average Bonchev–Trinajstić information content (AvgIpc) is 2.46. The minimum atomic E-state index is -9.21. The fraction of sp³-hybridized carbons (Fsp3) is 1.00. The summed E-state index contributed by atoms with van der Waals surface area (Å²) in [7, 11) is 0. The van der Waals surface area contributed by atoms with Crippen molar-refractivity contribution in [1.29, 1.82) is 0 Å². The van der Waals surface area contributed by atoms with Crippen LogP contribution in [0.3, 0.4) is 0 Å². The van der Waals surface area contributed by atoms with E-state index in [2.05, 4.69) is 0 Å². The fourth-order valence-corrected chi connectivity index (χ4v) is 2.61. The summed E-state index contributed by atoms with van der Waals surface area (Å²) in [6.07, 6.45) is -25.3. The SMILES string of the molecule is FC(F)(F)C(F)(F)C1(F)C(F)(F)[C@](F)(C(F)(F)F)C(F)(F)[C@@](F)(C(F)(F)F)C1(F)F. The molecule has 1 aliphatic rings. The van der Waals surface area contributed by atoms with Crippen LogP contribution in [-0.2, 0) is 0 Å². The Morgan fingerprint density at radius 2 is 0.533 bits per heavy atom. The Bertz CT molecular complexity index is 648. The third kappa shape index (κ3) is 2.22. The summed E-state index contributed by atoms with van der Waals surface area (Å²) in [5.74, 6) is -35.9. The van der Waals surface area contributed by atoms with Crippen molar-refractivity contribution in [3.8, 4) is 0 Å². The molecule has 20 heteroatoms. The van der Waals surface area contributed by atoms with Crippen molar-refractivity contribution in [2.24, 2.45) is 0 Å². The first-order valence-electron chi connectivity index (χ1n) is 6.28. The van der Waals surface area contributed by atoms with Crippen LogP contribution >= 0.6 is 0 Å². The molecule has 0 spiro atoms.